The second kappa shape index (κ2) is 7.04. The van der Waals surface area contributed by atoms with Gasteiger partial charge in [0.2, 0.25) is 5.90 Å². The average Bonchev–Trinajstić information content (AvgIpc) is 3.14. The van der Waals surface area contributed by atoms with Crippen LogP contribution in [0.1, 0.15) is 36.1 Å². The second-order valence-corrected chi connectivity index (χ2v) is 8.59. The van der Waals surface area contributed by atoms with E-state index in [4.69, 9.17) is 9.73 Å². The number of nitrogens with zero attached hydrogens (tertiary/aromatic N) is 1. The molecule has 10 heteroatoms. The molecule has 4 nitrogen and oxygen atoms in total. The lowest BCUT2D eigenvalue weighted by Crippen LogP contribution is -2.32. The quantitative estimate of drug-likeness (QED) is 0.584. The first-order valence-corrected chi connectivity index (χ1v) is 10.5. The van der Waals surface area contributed by atoms with Crippen molar-refractivity contribution in [3.8, 4) is 5.75 Å². The first-order chi connectivity index (χ1) is 15.4. The molecule has 2 aromatic rings. The molecule has 5 rings (SSSR count). The van der Waals surface area contributed by atoms with Crippen molar-refractivity contribution in [3.05, 3.63) is 58.7 Å². The van der Waals surface area contributed by atoms with E-state index in [0.717, 1.165) is 41.9 Å². The summed E-state index contributed by atoms with van der Waals surface area (Å²) in [6, 6.07) is 8.71. The van der Waals surface area contributed by atoms with Crippen molar-refractivity contribution >= 4 is 11.6 Å². The van der Waals surface area contributed by atoms with E-state index in [2.05, 4.69) is 10.1 Å². The molecule has 0 radical (unpaired) electrons. The SMILES string of the molecule is CC(Oc1ccc(C2=NC3(c4cccc5c4CCN5)C(C)C3O2)cc1C(F)(F)F)C(F)(F)F. The number of anilines is 1. The zero-order valence-corrected chi connectivity index (χ0v) is 17.6. The number of hydrogen-bond acceptors (Lipinski definition) is 4. The van der Waals surface area contributed by atoms with Gasteiger partial charge in [-0.15, -0.1) is 0 Å². The number of ether oxygens (including phenoxy) is 2. The van der Waals surface area contributed by atoms with Crippen LogP contribution in [0.4, 0.5) is 32.0 Å². The summed E-state index contributed by atoms with van der Waals surface area (Å²) in [4.78, 5) is 4.72. The predicted octanol–water partition coefficient (Wildman–Crippen LogP) is 5.69. The highest BCUT2D eigenvalue weighted by molar-refractivity contribution is 5.97. The summed E-state index contributed by atoms with van der Waals surface area (Å²) in [5.74, 6) is -0.803. The third-order valence-electron chi connectivity index (χ3n) is 6.59. The van der Waals surface area contributed by atoms with Crippen LogP contribution in [-0.2, 0) is 22.9 Å². The van der Waals surface area contributed by atoms with Gasteiger partial charge in [-0.2, -0.15) is 26.3 Å². The third kappa shape index (κ3) is 3.41. The third-order valence-corrected chi connectivity index (χ3v) is 6.59. The van der Waals surface area contributed by atoms with Gasteiger partial charge in [0.05, 0.1) is 5.56 Å². The number of fused-ring (bicyclic) bond motifs is 2. The van der Waals surface area contributed by atoms with Gasteiger partial charge in [-0.3, -0.25) is 0 Å². The van der Waals surface area contributed by atoms with E-state index in [0.29, 0.717) is 6.92 Å². The van der Waals surface area contributed by atoms with Crippen LogP contribution in [-0.4, -0.2) is 30.8 Å². The first kappa shape index (κ1) is 21.9. The van der Waals surface area contributed by atoms with Crippen molar-refractivity contribution in [3.63, 3.8) is 0 Å². The Morgan fingerprint density at radius 3 is 2.61 bits per heavy atom. The van der Waals surface area contributed by atoms with Gasteiger partial charge in [0.15, 0.2) is 6.10 Å². The maximum Gasteiger partial charge on any atom is 0.425 e. The lowest BCUT2D eigenvalue weighted by Gasteiger charge is -2.21. The summed E-state index contributed by atoms with van der Waals surface area (Å²) in [7, 11) is 0. The molecule has 1 N–H and O–H groups in total. The van der Waals surface area contributed by atoms with Crippen LogP contribution in [0.2, 0.25) is 0 Å². The molecule has 1 saturated carbocycles. The Kier molecular flexibility index (Phi) is 4.68. The Balaban J connectivity index is 1.52. The number of benzene rings is 2. The van der Waals surface area contributed by atoms with Gasteiger partial charge >= 0.3 is 12.4 Å². The van der Waals surface area contributed by atoms with E-state index in [1.807, 2.05) is 25.1 Å². The fourth-order valence-electron chi connectivity index (χ4n) is 4.73. The number of rotatable bonds is 4. The highest BCUT2D eigenvalue weighted by atomic mass is 19.4. The fourth-order valence-corrected chi connectivity index (χ4v) is 4.73. The van der Waals surface area contributed by atoms with E-state index in [-0.39, 0.29) is 23.5 Å². The molecular weight excluding hydrogens is 450 g/mol. The Morgan fingerprint density at radius 2 is 1.91 bits per heavy atom. The van der Waals surface area contributed by atoms with Gasteiger partial charge in [0, 0.05) is 23.7 Å². The van der Waals surface area contributed by atoms with Gasteiger partial charge in [0.25, 0.3) is 0 Å². The molecule has 176 valence electrons. The molecule has 1 aliphatic carbocycles. The van der Waals surface area contributed by atoms with Gasteiger partial charge in [-0.1, -0.05) is 19.1 Å². The van der Waals surface area contributed by atoms with Crippen molar-refractivity contribution in [2.24, 2.45) is 10.9 Å². The van der Waals surface area contributed by atoms with E-state index in [9.17, 15) is 26.3 Å². The standard InChI is InChI=1S/C23H20F6N2O2/c1-11-19-21(11,15-4-3-5-17-14(15)8-9-30-17)31-20(33-19)13-6-7-18(16(10-13)23(27,28)29)32-12(2)22(24,25)26/h3-7,10-12,19,30H,8-9H2,1-2H3. The number of nitrogens with one attached hydrogen (secondary N) is 1. The van der Waals surface area contributed by atoms with Crippen molar-refractivity contribution in [2.75, 3.05) is 11.9 Å². The van der Waals surface area contributed by atoms with Gasteiger partial charge in [-0.05, 0) is 48.7 Å². The van der Waals surface area contributed by atoms with Crippen LogP contribution in [0.3, 0.4) is 0 Å². The summed E-state index contributed by atoms with van der Waals surface area (Å²) in [6.07, 6.45) is -11.6. The van der Waals surface area contributed by atoms with E-state index >= 15 is 0 Å². The molecule has 0 bridgehead atoms. The van der Waals surface area contributed by atoms with E-state index in [1.165, 1.54) is 6.07 Å². The predicted molar refractivity (Wildman–Crippen MR) is 108 cm³/mol. The molecule has 1 fully saturated rings. The molecule has 2 aliphatic heterocycles. The van der Waals surface area contributed by atoms with Gasteiger partial charge in [0.1, 0.15) is 17.4 Å². The highest BCUT2D eigenvalue weighted by Crippen LogP contribution is 2.62. The minimum absolute atomic E-state index is 0.0406. The molecular formula is C23H20F6N2O2. The Morgan fingerprint density at radius 1 is 1.15 bits per heavy atom. The molecule has 0 aromatic heterocycles. The molecule has 0 spiro atoms. The lowest BCUT2D eigenvalue weighted by molar-refractivity contribution is -0.191. The van der Waals surface area contributed by atoms with Crippen LogP contribution >= 0.6 is 0 Å². The van der Waals surface area contributed by atoms with Crippen LogP contribution in [0.15, 0.2) is 41.4 Å². The summed E-state index contributed by atoms with van der Waals surface area (Å²) in [6.45, 7) is 3.43. The molecule has 2 heterocycles. The summed E-state index contributed by atoms with van der Waals surface area (Å²) >= 11 is 0. The average molecular weight is 470 g/mol. The Hall–Kier alpha value is -2.91. The van der Waals surface area contributed by atoms with Crippen molar-refractivity contribution in [1.29, 1.82) is 0 Å². The summed E-state index contributed by atoms with van der Waals surface area (Å²) in [5.41, 5.74) is 1.19. The minimum atomic E-state index is -4.92. The Labute approximate surface area is 185 Å². The number of alkyl halides is 6. The maximum absolute atomic E-state index is 13.7. The lowest BCUT2D eigenvalue weighted by atomic mass is 9.95. The Bertz CT molecular complexity index is 1140. The molecule has 0 amide bonds. The normalized spacial score (nSPS) is 26.6. The smallest absolute Gasteiger partial charge is 0.425 e. The molecule has 3 aliphatic rings. The van der Waals surface area contributed by atoms with Crippen molar-refractivity contribution in [1.82, 2.24) is 0 Å². The fraction of sp³-hybridized carbons (Fsp3) is 0.435. The van der Waals surface area contributed by atoms with Gasteiger partial charge in [-0.25, -0.2) is 4.99 Å². The molecule has 33 heavy (non-hydrogen) atoms. The minimum Gasteiger partial charge on any atom is -0.481 e. The molecule has 0 saturated heterocycles. The summed E-state index contributed by atoms with van der Waals surface area (Å²) < 4.78 is 90.0. The monoisotopic (exact) mass is 470 g/mol. The van der Waals surface area contributed by atoms with Crippen molar-refractivity contribution < 1.29 is 35.8 Å². The topological polar surface area (TPSA) is 42.8 Å². The van der Waals surface area contributed by atoms with Crippen LogP contribution in [0.25, 0.3) is 0 Å². The van der Waals surface area contributed by atoms with Crippen LogP contribution in [0, 0.1) is 5.92 Å². The zero-order chi connectivity index (χ0) is 23.8. The highest BCUT2D eigenvalue weighted by Gasteiger charge is 2.70. The first-order valence-electron chi connectivity index (χ1n) is 10.5. The second-order valence-electron chi connectivity index (χ2n) is 8.59. The van der Waals surface area contributed by atoms with E-state index < -0.39 is 35.3 Å². The van der Waals surface area contributed by atoms with Crippen LogP contribution < -0.4 is 10.1 Å². The number of aliphatic imine (C=N–C) groups is 1. The number of hydrogen-bond donors (Lipinski definition) is 1. The van der Waals surface area contributed by atoms with E-state index in [1.54, 1.807) is 0 Å². The molecule has 4 atom stereocenters. The molecule has 4 unspecified atom stereocenters. The maximum atomic E-state index is 13.7. The summed E-state index contributed by atoms with van der Waals surface area (Å²) in [5, 5.41) is 3.31. The zero-order valence-electron chi connectivity index (χ0n) is 17.6. The van der Waals surface area contributed by atoms with Crippen molar-refractivity contribution in [2.45, 2.75) is 50.4 Å². The number of halogens is 6. The largest absolute Gasteiger partial charge is 0.481 e. The van der Waals surface area contributed by atoms with Gasteiger partial charge < -0.3 is 14.8 Å². The van der Waals surface area contributed by atoms with Crippen LogP contribution in [0.5, 0.6) is 5.75 Å². The molecule has 2 aromatic carbocycles.